The van der Waals surface area contributed by atoms with Gasteiger partial charge < -0.3 is 10.5 Å². The fourth-order valence-corrected chi connectivity index (χ4v) is 1.76. The number of halogens is 3. The first kappa shape index (κ1) is 14.8. The van der Waals surface area contributed by atoms with Crippen LogP contribution in [0, 0.1) is 5.92 Å². The van der Waals surface area contributed by atoms with E-state index in [1.165, 1.54) is 7.11 Å². The summed E-state index contributed by atoms with van der Waals surface area (Å²) in [5.41, 5.74) is 5.64. The second kappa shape index (κ2) is 5.61. The Labute approximate surface area is 105 Å². The first-order chi connectivity index (χ1) is 8.24. The number of hydrogen-bond acceptors (Lipinski definition) is 2. The van der Waals surface area contributed by atoms with Crippen LogP contribution in [-0.2, 0) is 6.18 Å². The number of hydrogen-bond donors (Lipinski definition) is 1. The Morgan fingerprint density at radius 2 is 1.83 bits per heavy atom. The molecule has 1 aromatic rings. The summed E-state index contributed by atoms with van der Waals surface area (Å²) in [7, 11) is 1.34. The van der Waals surface area contributed by atoms with Crippen molar-refractivity contribution in [3.05, 3.63) is 29.3 Å². The summed E-state index contributed by atoms with van der Waals surface area (Å²) in [5, 5.41) is 0. The minimum absolute atomic E-state index is 0.180. The van der Waals surface area contributed by atoms with Crippen LogP contribution in [0.15, 0.2) is 18.2 Å². The van der Waals surface area contributed by atoms with Crippen LogP contribution in [0.25, 0.3) is 0 Å². The second-order valence-electron chi connectivity index (χ2n) is 4.73. The third kappa shape index (κ3) is 3.91. The fraction of sp³-hybridized carbons (Fsp3) is 0.538. The van der Waals surface area contributed by atoms with E-state index in [0.29, 0.717) is 17.9 Å². The van der Waals surface area contributed by atoms with Gasteiger partial charge in [0.15, 0.2) is 0 Å². The van der Waals surface area contributed by atoms with E-state index in [-0.39, 0.29) is 5.75 Å². The summed E-state index contributed by atoms with van der Waals surface area (Å²) in [6, 6.07) is 3.21. The third-order valence-electron chi connectivity index (χ3n) is 2.65. The average Bonchev–Trinajstić information content (AvgIpc) is 2.26. The molecule has 18 heavy (non-hydrogen) atoms. The average molecular weight is 261 g/mol. The number of rotatable bonds is 4. The van der Waals surface area contributed by atoms with E-state index in [2.05, 4.69) is 0 Å². The summed E-state index contributed by atoms with van der Waals surface area (Å²) in [5.74, 6) is 0.500. The van der Waals surface area contributed by atoms with Crippen molar-refractivity contribution in [3.8, 4) is 5.75 Å². The third-order valence-corrected chi connectivity index (χ3v) is 2.65. The molecule has 5 heteroatoms. The zero-order valence-corrected chi connectivity index (χ0v) is 10.7. The number of methoxy groups -OCH3 is 1. The zero-order valence-electron chi connectivity index (χ0n) is 10.7. The molecule has 0 fully saturated rings. The van der Waals surface area contributed by atoms with Gasteiger partial charge in [0.2, 0.25) is 0 Å². The highest BCUT2D eigenvalue weighted by Crippen LogP contribution is 2.34. The molecule has 0 saturated carbocycles. The van der Waals surface area contributed by atoms with Crippen LogP contribution < -0.4 is 10.5 Å². The van der Waals surface area contributed by atoms with Crippen molar-refractivity contribution in [2.24, 2.45) is 11.7 Å². The van der Waals surface area contributed by atoms with Crippen molar-refractivity contribution in [3.63, 3.8) is 0 Å². The normalized spacial score (nSPS) is 13.8. The highest BCUT2D eigenvalue weighted by Gasteiger charge is 2.31. The quantitative estimate of drug-likeness (QED) is 0.895. The smallest absolute Gasteiger partial charge is 0.416 e. The van der Waals surface area contributed by atoms with Crippen LogP contribution in [0.4, 0.5) is 13.2 Å². The molecule has 0 radical (unpaired) electrons. The molecule has 0 unspecified atom stereocenters. The van der Waals surface area contributed by atoms with E-state index in [0.717, 1.165) is 12.1 Å². The molecule has 0 amide bonds. The molecule has 0 aromatic heterocycles. The van der Waals surface area contributed by atoms with Crippen LogP contribution in [0.2, 0.25) is 0 Å². The highest BCUT2D eigenvalue weighted by atomic mass is 19.4. The monoisotopic (exact) mass is 261 g/mol. The first-order valence-electron chi connectivity index (χ1n) is 5.75. The van der Waals surface area contributed by atoms with E-state index >= 15 is 0 Å². The molecule has 0 aliphatic rings. The maximum absolute atomic E-state index is 12.7. The molecule has 0 bridgehead atoms. The van der Waals surface area contributed by atoms with E-state index in [4.69, 9.17) is 10.5 Å². The fourth-order valence-electron chi connectivity index (χ4n) is 1.76. The van der Waals surface area contributed by atoms with Crippen molar-refractivity contribution < 1.29 is 17.9 Å². The van der Waals surface area contributed by atoms with Crippen molar-refractivity contribution in [1.29, 1.82) is 0 Å². The highest BCUT2D eigenvalue weighted by molar-refractivity contribution is 5.37. The predicted molar refractivity (Wildman–Crippen MR) is 64.4 cm³/mol. The number of nitrogens with two attached hydrogens (primary N) is 1. The number of alkyl halides is 3. The summed E-state index contributed by atoms with van der Waals surface area (Å²) < 4.78 is 43.0. The van der Waals surface area contributed by atoms with E-state index in [9.17, 15) is 13.2 Å². The molecule has 1 aromatic carbocycles. The maximum atomic E-state index is 12.7. The lowest BCUT2D eigenvalue weighted by molar-refractivity contribution is -0.137. The summed E-state index contributed by atoms with van der Waals surface area (Å²) in [4.78, 5) is 0. The molecular formula is C13H18F3NO. The van der Waals surface area contributed by atoms with Crippen molar-refractivity contribution >= 4 is 0 Å². The number of benzene rings is 1. The van der Waals surface area contributed by atoms with Gasteiger partial charge in [0.05, 0.1) is 12.7 Å². The molecule has 102 valence electrons. The Morgan fingerprint density at radius 3 is 2.28 bits per heavy atom. The van der Waals surface area contributed by atoms with Crippen LogP contribution >= 0.6 is 0 Å². The lowest BCUT2D eigenvalue weighted by atomic mass is 9.96. The molecule has 0 aliphatic heterocycles. The Bertz CT molecular complexity index is 402. The van der Waals surface area contributed by atoms with Crippen molar-refractivity contribution in [1.82, 2.24) is 0 Å². The van der Waals surface area contributed by atoms with Crippen LogP contribution in [0.3, 0.4) is 0 Å². The Morgan fingerprint density at radius 1 is 1.22 bits per heavy atom. The predicted octanol–water partition coefficient (Wildman–Crippen LogP) is 3.76. The molecule has 2 N–H and O–H groups in total. The summed E-state index contributed by atoms with van der Waals surface area (Å²) in [6.45, 7) is 3.95. The Kier molecular flexibility index (Phi) is 4.62. The zero-order chi connectivity index (χ0) is 13.9. The second-order valence-corrected chi connectivity index (χ2v) is 4.73. The van der Waals surface area contributed by atoms with Gasteiger partial charge in [0, 0.05) is 6.04 Å². The van der Waals surface area contributed by atoms with Gasteiger partial charge in [-0.05, 0) is 36.1 Å². The lowest BCUT2D eigenvalue weighted by Gasteiger charge is -2.17. The molecule has 1 rings (SSSR count). The Hall–Kier alpha value is -1.23. The SMILES string of the molecule is COc1cc([C@@H](N)CC(C)C)cc(C(F)(F)F)c1. The largest absolute Gasteiger partial charge is 0.497 e. The topological polar surface area (TPSA) is 35.2 Å². The number of ether oxygens (including phenoxy) is 1. The van der Waals surface area contributed by atoms with Crippen molar-refractivity contribution in [2.75, 3.05) is 7.11 Å². The molecule has 1 atom stereocenters. The van der Waals surface area contributed by atoms with Gasteiger partial charge in [-0.1, -0.05) is 13.8 Å². The van der Waals surface area contributed by atoms with Gasteiger partial charge in [-0.2, -0.15) is 13.2 Å². The van der Waals surface area contributed by atoms with E-state index in [1.54, 1.807) is 6.07 Å². The lowest BCUT2D eigenvalue weighted by Crippen LogP contribution is -2.15. The van der Waals surface area contributed by atoms with Crippen molar-refractivity contribution in [2.45, 2.75) is 32.5 Å². The molecular weight excluding hydrogens is 243 g/mol. The van der Waals surface area contributed by atoms with Crippen LogP contribution in [0.5, 0.6) is 5.75 Å². The minimum Gasteiger partial charge on any atom is -0.497 e. The minimum atomic E-state index is -4.39. The van der Waals surface area contributed by atoms with Gasteiger partial charge in [-0.25, -0.2) is 0 Å². The summed E-state index contributed by atoms with van der Waals surface area (Å²) in [6.07, 6.45) is -3.76. The molecule has 2 nitrogen and oxygen atoms in total. The molecule has 0 saturated heterocycles. The molecule has 0 aliphatic carbocycles. The van der Waals surface area contributed by atoms with Crippen LogP contribution in [0.1, 0.15) is 37.4 Å². The maximum Gasteiger partial charge on any atom is 0.416 e. The standard InChI is InChI=1S/C13H18F3NO/c1-8(2)4-12(17)9-5-10(13(14,15)16)7-11(6-9)18-3/h5-8,12H,4,17H2,1-3H3/t12-/m0/s1. The van der Waals surface area contributed by atoms with Gasteiger partial charge >= 0.3 is 6.18 Å². The Balaban J connectivity index is 3.12. The van der Waals surface area contributed by atoms with E-state index < -0.39 is 17.8 Å². The van der Waals surface area contributed by atoms with Gasteiger partial charge in [0.25, 0.3) is 0 Å². The van der Waals surface area contributed by atoms with Gasteiger partial charge in [-0.3, -0.25) is 0 Å². The van der Waals surface area contributed by atoms with E-state index in [1.807, 2.05) is 13.8 Å². The summed E-state index contributed by atoms with van der Waals surface area (Å²) >= 11 is 0. The molecule has 0 spiro atoms. The van der Waals surface area contributed by atoms with Gasteiger partial charge in [0.1, 0.15) is 5.75 Å². The van der Waals surface area contributed by atoms with Crippen LogP contribution in [-0.4, -0.2) is 7.11 Å². The first-order valence-corrected chi connectivity index (χ1v) is 5.75. The molecule has 0 heterocycles. The van der Waals surface area contributed by atoms with Gasteiger partial charge in [-0.15, -0.1) is 0 Å².